The minimum Gasteiger partial charge on any atom is -0.351 e. The Labute approximate surface area is 153 Å². The van der Waals surface area contributed by atoms with Crippen LogP contribution in [0.5, 0.6) is 0 Å². The third-order valence-corrected chi connectivity index (χ3v) is 5.09. The summed E-state index contributed by atoms with van der Waals surface area (Å²) in [4.78, 5) is 44.2. The third-order valence-electron chi connectivity index (χ3n) is 5.09. The Morgan fingerprint density at radius 2 is 1.92 bits per heavy atom. The summed E-state index contributed by atoms with van der Waals surface area (Å²) >= 11 is 0. The summed E-state index contributed by atoms with van der Waals surface area (Å²) in [7, 11) is 0. The van der Waals surface area contributed by atoms with E-state index in [0.717, 1.165) is 50.8 Å². The quantitative estimate of drug-likeness (QED) is 0.596. The highest BCUT2D eigenvalue weighted by molar-refractivity contribution is 5.97. The van der Waals surface area contributed by atoms with Crippen LogP contribution in [-0.4, -0.2) is 70.3 Å². The van der Waals surface area contributed by atoms with Crippen molar-refractivity contribution in [2.24, 2.45) is 0 Å². The monoisotopic (exact) mass is 361 g/mol. The molecule has 2 aliphatic rings. The molecule has 8 heteroatoms. The van der Waals surface area contributed by atoms with Gasteiger partial charge in [0.2, 0.25) is 6.41 Å². The van der Waals surface area contributed by atoms with E-state index in [9.17, 15) is 14.4 Å². The van der Waals surface area contributed by atoms with E-state index in [-0.39, 0.29) is 11.8 Å². The number of carbonyl (C=O) groups is 3. The second-order valence-corrected chi connectivity index (χ2v) is 6.88. The van der Waals surface area contributed by atoms with Crippen molar-refractivity contribution >= 4 is 18.2 Å². The molecular weight excluding hydrogens is 334 g/mol. The van der Waals surface area contributed by atoms with E-state index >= 15 is 0 Å². The minimum absolute atomic E-state index is 0.147. The maximum Gasteiger partial charge on any atom is 0.290 e. The van der Waals surface area contributed by atoms with Gasteiger partial charge in [0.1, 0.15) is 5.69 Å². The van der Waals surface area contributed by atoms with Gasteiger partial charge in [0.05, 0.1) is 5.69 Å². The van der Waals surface area contributed by atoms with Gasteiger partial charge in [-0.25, -0.2) is 4.98 Å². The Morgan fingerprint density at radius 1 is 1.15 bits per heavy atom. The molecule has 0 unspecified atom stereocenters. The summed E-state index contributed by atoms with van der Waals surface area (Å²) in [5.74, 6) is 0.0279. The molecule has 0 bridgehead atoms. The number of imidazole rings is 1. The molecule has 0 saturated carbocycles. The zero-order valence-electron chi connectivity index (χ0n) is 15.4. The number of amides is 3. The van der Waals surface area contributed by atoms with Crippen LogP contribution in [0, 0.1) is 0 Å². The molecule has 8 nitrogen and oxygen atoms in total. The average molecular weight is 361 g/mol. The number of nitrogens with zero attached hydrogens (tertiary/aromatic N) is 4. The molecule has 3 rings (SSSR count). The van der Waals surface area contributed by atoms with Crippen molar-refractivity contribution < 1.29 is 14.4 Å². The van der Waals surface area contributed by atoms with Gasteiger partial charge in [-0.2, -0.15) is 0 Å². The van der Waals surface area contributed by atoms with Gasteiger partial charge in [0.25, 0.3) is 11.8 Å². The normalized spacial score (nSPS) is 17.0. The second-order valence-electron chi connectivity index (χ2n) is 6.88. The first-order valence-corrected chi connectivity index (χ1v) is 9.52. The van der Waals surface area contributed by atoms with Crippen LogP contribution in [0.1, 0.15) is 59.4 Å². The predicted molar refractivity (Wildman–Crippen MR) is 95.9 cm³/mol. The third kappa shape index (κ3) is 3.73. The summed E-state index contributed by atoms with van der Waals surface area (Å²) in [5, 5.41) is 2.91. The van der Waals surface area contributed by atoms with Crippen molar-refractivity contribution in [1.82, 2.24) is 24.7 Å². The molecule has 0 aliphatic carbocycles. The lowest BCUT2D eigenvalue weighted by Crippen LogP contribution is -2.48. The van der Waals surface area contributed by atoms with Gasteiger partial charge >= 0.3 is 0 Å². The topological polar surface area (TPSA) is 87.5 Å². The number of piperazine rings is 1. The lowest BCUT2D eigenvalue weighted by atomic mass is 10.1. The van der Waals surface area contributed by atoms with E-state index in [1.54, 1.807) is 9.80 Å². The molecule has 1 N–H and O–H groups in total. The van der Waals surface area contributed by atoms with Crippen LogP contribution in [0.4, 0.5) is 0 Å². The standard InChI is InChI=1S/C18H27N5O3/c1-2-3-7-19-17(25)15-14-6-4-5-8-23(14)16(20-15)18(26)22-11-9-21(13-24)10-12-22/h13H,2-12H2,1H3,(H,19,25). The molecule has 0 atom stereocenters. The molecule has 0 spiro atoms. The van der Waals surface area contributed by atoms with Gasteiger partial charge in [-0.15, -0.1) is 0 Å². The average Bonchev–Trinajstić information content (AvgIpc) is 3.07. The van der Waals surface area contributed by atoms with Crippen molar-refractivity contribution in [2.75, 3.05) is 32.7 Å². The first kappa shape index (κ1) is 18.4. The zero-order chi connectivity index (χ0) is 18.5. The van der Waals surface area contributed by atoms with Crippen molar-refractivity contribution in [3.8, 4) is 0 Å². The number of rotatable bonds is 6. The number of unbranched alkanes of at least 4 members (excludes halogenated alkanes) is 1. The van der Waals surface area contributed by atoms with Crippen molar-refractivity contribution in [3.63, 3.8) is 0 Å². The van der Waals surface area contributed by atoms with E-state index in [2.05, 4.69) is 17.2 Å². The van der Waals surface area contributed by atoms with Crippen LogP contribution in [-0.2, 0) is 17.8 Å². The highest BCUT2D eigenvalue weighted by Gasteiger charge is 2.30. The number of aromatic nitrogens is 2. The Bertz CT molecular complexity index is 677. The van der Waals surface area contributed by atoms with Gasteiger partial charge in [-0.3, -0.25) is 14.4 Å². The molecule has 142 valence electrons. The highest BCUT2D eigenvalue weighted by atomic mass is 16.2. The molecule has 0 radical (unpaired) electrons. The second kappa shape index (κ2) is 8.33. The van der Waals surface area contributed by atoms with Crippen LogP contribution >= 0.6 is 0 Å². The van der Waals surface area contributed by atoms with Crippen LogP contribution in [0.3, 0.4) is 0 Å². The number of nitrogens with one attached hydrogen (secondary N) is 1. The van der Waals surface area contributed by atoms with Gasteiger partial charge in [0, 0.05) is 39.3 Å². The fourth-order valence-electron chi connectivity index (χ4n) is 3.52. The maximum absolute atomic E-state index is 13.0. The summed E-state index contributed by atoms with van der Waals surface area (Å²) in [6.45, 7) is 5.49. The molecule has 1 fully saturated rings. The molecule has 3 heterocycles. The van der Waals surface area contributed by atoms with E-state index in [4.69, 9.17) is 0 Å². The Balaban J connectivity index is 1.80. The van der Waals surface area contributed by atoms with Gasteiger partial charge in [0.15, 0.2) is 5.82 Å². The van der Waals surface area contributed by atoms with Gasteiger partial charge in [-0.1, -0.05) is 13.3 Å². The van der Waals surface area contributed by atoms with Crippen LogP contribution < -0.4 is 5.32 Å². The van der Waals surface area contributed by atoms with Crippen LogP contribution in [0.25, 0.3) is 0 Å². The molecular formula is C18H27N5O3. The van der Waals surface area contributed by atoms with Crippen LogP contribution in [0.15, 0.2) is 0 Å². The molecule has 1 saturated heterocycles. The van der Waals surface area contributed by atoms with E-state index < -0.39 is 0 Å². The fraction of sp³-hybridized carbons (Fsp3) is 0.667. The SMILES string of the molecule is CCCCNC(=O)c1nc(C(=O)N2CCN(C=O)CC2)n2c1CCCC2. The highest BCUT2D eigenvalue weighted by Crippen LogP contribution is 2.22. The van der Waals surface area contributed by atoms with E-state index in [1.807, 2.05) is 4.57 Å². The summed E-state index contributed by atoms with van der Waals surface area (Å²) < 4.78 is 1.92. The van der Waals surface area contributed by atoms with Crippen LogP contribution in [0.2, 0.25) is 0 Å². The van der Waals surface area contributed by atoms with Crippen molar-refractivity contribution in [2.45, 2.75) is 45.6 Å². The Hall–Kier alpha value is -2.38. The van der Waals surface area contributed by atoms with Gasteiger partial charge < -0.3 is 19.7 Å². The van der Waals surface area contributed by atoms with Crippen molar-refractivity contribution in [1.29, 1.82) is 0 Å². The zero-order valence-corrected chi connectivity index (χ0v) is 15.4. The summed E-state index contributed by atoms with van der Waals surface area (Å²) in [6, 6.07) is 0. The van der Waals surface area contributed by atoms with Gasteiger partial charge in [-0.05, 0) is 25.7 Å². The summed E-state index contributed by atoms with van der Waals surface area (Å²) in [6.07, 6.45) is 5.52. The molecule has 2 aliphatic heterocycles. The van der Waals surface area contributed by atoms with Crippen molar-refractivity contribution in [3.05, 3.63) is 17.2 Å². The molecule has 3 amide bonds. The number of fused-ring (bicyclic) bond motifs is 1. The summed E-state index contributed by atoms with van der Waals surface area (Å²) in [5.41, 5.74) is 1.27. The number of carbonyl (C=O) groups excluding carboxylic acids is 3. The minimum atomic E-state index is -0.186. The lowest BCUT2D eigenvalue weighted by molar-refractivity contribution is -0.119. The predicted octanol–water partition coefficient (Wildman–Crippen LogP) is 0.664. The molecule has 26 heavy (non-hydrogen) atoms. The fourth-order valence-corrected chi connectivity index (χ4v) is 3.52. The smallest absolute Gasteiger partial charge is 0.290 e. The first-order chi connectivity index (χ1) is 12.7. The molecule has 1 aromatic rings. The first-order valence-electron chi connectivity index (χ1n) is 9.52. The number of hydrogen-bond acceptors (Lipinski definition) is 4. The molecule has 0 aromatic carbocycles. The van der Waals surface area contributed by atoms with E-state index in [0.29, 0.717) is 44.2 Å². The molecule has 1 aromatic heterocycles. The Morgan fingerprint density at radius 3 is 2.62 bits per heavy atom. The maximum atomic E-state index is 13.0. The largest absolute Gasteiger partial charge is 0.351 e. The Kier molecular flexibility index (Phi) is 5.90. The lowest BCUT2D eigenvalue weighted by Gasteiger charge is -2.32. The van der Waals surface area contributed by atoms with E-state index in [1.165, 1.54) is 0 Å². The number of hydrogen-bond donors (Lipinski definition) is 1.